The second kappa shape index (κ2) is 10.3. The summed E-state index contributed by atoms with van der Waals surface area (Å²) in [6.07, 6.45) is -1.48. The number of rotatable bonds is 8. The molecule has 0 fully saturated rings. The van der Waals surface area contributed by atoms with Gasteiger partial charge in [-0.2, -0.15) is 0 Å². The summed E-state index contributed by atoms with van der Waals surface area (Å²) < 4.78 is 14.6. The van der Waals surface area contributed by atoms with Crippen LogP contribution in [0.15, 0.2) is 115 Å². The lowest BCUT2D eigenvalue weighted by atomic mass is 9.96. The van der Waals surface area contributed by atoms with E-state index in [-0.39, 0.29) is 0 Å². The van der Waals surface area contributed by atoms with Crippen LogP contribution in [0.2, 0.25) is 5.02 Å². The number of Topliss-reactive ketones (excluding diaryl/α,β-unsaturated/α-hetero) is 1. The minimum atomic E-state index is -3.44. The summed E-state index contributed by atoms with van der Waals surface area (Å²) in [6.45, 7) is 0. The maximum absolute atomic E-state index is 14.6. The topological polar surface area (TPSA) is 66.4 Å². The number of carbonyl (C=O) groups excluding carboxylic acids is 1. The quantitative estimate of drug-likeness (QED) is 0.273. The van der Waals surface area contributed by atoms with Gasteiger partial charge < -0.3 is 5.11 Å². The first-order valence-electron chi connectivity index (χ1n) is 10.5. The number of hydrogen-bond donors (Lipinski definition) is 2. The van der Waals surface area contributed by atoms with Crippen LogP contribution in [0.25, 0.3) is 0 Å². The maximum atomic E-state index is 14.6. The zero-order valence-corrected chi connectivity index (χ0v) is 19.4. The SMILES string of the molecule is O=C(c1ccccc1)[C@H](O)[C@@H](NP(=O)(c1ccccc1)c1ccccc1)c1ccc(Cl)cc1. The zero-order valence-electron chi connectivity index (χ0n) is 17.7. The Kier molecular flexibility index (Phi) is 7.22. The molecule has 4 aromatic rings. The van der Waals surface area contributed by atoms with Crippen LogP contribution >= 0.6 is 18.9 Å². The molecule has 2 N–H and O–H groups in total. The molecular weight excluding hydrogens is 453 g/mol. The molecular formula is C27H23ClNO3P. The summed E-state index contributed by atoms with van der Waals surface area (Å²) in [5.41, 5.74) is 0.975. The molecule has 0 aliphatic carbocycles. The van der Waals surface area contributed by atoms with Gasteiger partial charge in [-0.25, -0.2) is 5.09 Å². The highest BCUT2D eigenvalue weighted by Crippen LogP contribution is 2.43. The van der Waals surface area contributed by atoms with E-state index in [2.05, 4.69) is 5.09 Å². The van der Waals surface area contributed by atoms with Crippen LogP contribution in [0.5, 0.6) is 0 Å². The average Bonchev–Trinajstić information content (AvgIpc) is 2.88. The van der Waals surface area contributed by atoms with Gasteiger partial charge in [-0.3, -0.25) is 9.36 Å². The second-order valence-electron chi connectivity index (χ2n) is 7.61. The number of benzene rings is 4. The number of halogens is 1. The third-order valence-corrected chi connectivity index (χ3v) is 8.38. The lowest BCUT2D eigenvalue weighted by molar-refractivity contribution is 0.0679. The van der Waals surface area contributed by atoms with Crippen molar-refractivity contribution in [3.63, 3.8) is 0 Å². The average molecular weight is 476 g/mol. The molecule has 4 rings (SSSR count). The van der Waals surface area contributed by atoms with Gasteiger partial charge >= 0.3 is 0 Å². The molecule has 0 unspecified atom stereocenters. The zero-order chi connectivity index (χ0) is 23.3. The van der Waals surface area contributed by atoms with E-state index in [4.69, 9.17) is 11.6 Å². The molecule has 4 nitrogen and oxygen atoms in total. The van der Waals surface area contributed by atoms with Crippen molar-refractivity contribution in [2.75, 3.05) is 0 Å². The molecule has 4 aromatic carbocycles. The Morgan fingerprint density at radius 3 is 1.67 bits per heavy atom. The van der Waals surface area contributed by atoms with Crippen molar-refractivity contribution in [3.05, 3.63) is 131 Å². The van der Waals surface area contributed by atoms with Crippen molar-refractivity contribution in [2.24, 2.45) is 0 Å². The van der Waals surface area contributed by atoms with Gasteiger partial charge in [-0.15, -0.1) is 0 Å². The molecule has 0 saturated heterocycles. The molecule has 6 heteroatoms. The summed E-state index contributed by atoms with van der Waals surface area (Å²) in [5.74, 6) is -0.462. The van der Waals surface area contributed by atoms with E-state index in [9.17, 15) is 14.5 Å². The van der Waals surface area contributed by atoms with Crippen LogP contribution in [0.1, 0.15) is 22.0 Å². The predicted molar refractivity (Wildman–Crippen MR) is 134 cm³/mol. The summed E-state index contributed by atoms with van der Waals surface area (Å²) in [6, 6.07) is 32.5. The first kappa shape index (κ1) is 23.2. The molecule has 0 amide bonds. The summed E-state index contributed by atoms with van der Waals surface area (Å²) in [7, 11) is -3.44. The molecule has 166 valence electrons. The van der Waals surface area contributed by atoms with Gasteiger partial charge in [0, 0.05) is 21.2 Å². The summed E-state index contributed by atoms with van der Waals surface area (Å²) in [4.78, 5) is 13.2. The number of aliphatic hydroxyl groups is 1. The number of nitrogens with one attached hydrogen (secondary N) is 1. The van der Waals surface area contributed by atoms with E-state index < -0.39 is 25.2 Å². The largest absolute Gasteiger partial charge is 0.383 e. The van der Waals surface area contributed by atoms with Crippen LogP contribution in [0, 0.1) is 0 Å². The van der Waals surface area contributed by atoms with Crippen LogP contribution in [0.4, 0.5) is 0 Å². The van der Waals surface area contributed by atoms with Crippen LogP contribution < -0.4 is 15.7 Å². The lowest BCUT2D eigenvalue weighted by Gasteiger charge is -2.30. The van der Waals surface area contributed by atoms with Gasteiger partial charge in [0.05, 0.1) is 6.04 Å². The van der Waals surface area contributed by atoms with Crippen molar-refractivity contribution in [3.8, 4) is 0 Å². The number of hydrogen-bond acceptors (Lipinski definition) is 3. The Balaban J connectivity index is 1.81. The fraction of sp³-hybridized carbons (Fsp3) is 0.0741. The fourth-order valence-electron chi connectivity index (χ4n) is 3.69. The van der Waals surface area contributed by atoms with Gasteiger partial charge in [0.25, 0.3) is 0 Å². The minimum Gasteiger partial charge on any atom is -0.383 e. The van der Waals surface area contributed by atoms with E-state index >= 15 is 0 Å². The van der Waals surface area contributed by atoms with E-state index in [0.29, 0.717) is 26.8 Å². The van der Waals surface area contributed by atoms with Gasteiger partial charge in [-0.05, 0) is 42.0 Å². The molecule has 0 aliphatic rings. The third kappa shape index (κ3) is 5.16. The number of ketones is 1. The highest BCUT2D eigenvalue weighted by atomic mass is 35.5. The van der Waals surface area contributed by atoms with Crippen molar-refractivity contribution in [1.82, 2.24) is 5.09 Å². The van der Waals surface area contributed by atoms with Crippen molar-refractivity contribution < 1.29 is 14.5 Å². The van der Waals surface area contributed by atoms with E-state index in [0.717, 1.165) is 0 Å². The van der Waals surface area contributed by atoms with Crippen LogP contribution in [0.3, 0.4) is 0 Å². The Morgan fingerprint density at radius 2 is 1.18 bits per heavy atom. The minimum absolute atomic E-state index is 0.375. The van der Waals surface area contributed by atoms with Gasteiger partial charge in [-0.1, -0.05) is 90.5 Å². The van der Waals surface area contributed by atoms with Crippen LogP contribution in [-0.2, 0) is 4.57 Å². The molecule has 0 saturated carbocycles. The van der Waals surface area contributed by atoms with Crippen molar-refractivity contribution >= 4 is 35.3 Å². The first-order valence-corrected chi connectivity index (χ1v) is 12.6. The predicted octanol–water partition coefficient (Wildman–Crippen LogP) is 5.14. The summed E-state index contributed by atoms with van der Waals surface area (Å²) >= 11 is 6.07. The molecule has 2 atom stereocenters. The number of carbonyl (C=O) groups is 1. The highest BCUT2D eigenvalue weighted by molar-refractivity contribution is 7.76. The molecule has 0 bridgehead atoms. The first-order chi connectivity index (χ1) is 16.0. The molecule has 0 aromatic heterocycles. The monoisotopic (exact) mass is 475 g/mol. The van der Waals surface area contributed by atoms with E-state index in [1.54, 1.807) is 78.9 Å². The Bertz CT molecular complexity index is 1210. The maximum Gasteiger partial charge on any atom is 0.205 e. The van der Waals surface area contributed by atoms with Crippen LogP contribution in [-0.4, -0.2) is 17.0 Å². The standard InChI is InChI=1S/C27H23ClNO3P/c28-22-18-16-20(17-19-22)25(27(31)26(30)21-10-4-1-5-11-21)29-33(32,23-12-6-2-7-13-23)24-14-8-3-9-15-24/h1-19,25,27,31H,(H,29,32)/t25-,27+/m0/s1. The van der Waals surface area contributed by atoms with Gasteiger partial charge in [0.1, 0.15) is 6.10 Å². The molecule has 0 heterocycles. The Labute approximate surface area is 198 Å². The second-order valence-corrected chi connectivity index (χ2v) is 10.6. The normalized spacial score (nSPS) is 13.3. The van der Waals surface area contributed by atoms with Gasteiger partial charge in [0.15, 0.2) is 5.78 Å². The fourth-order valence-corrected chi connectivity index (χ4v) is 6.28. The molecule has 0 radical (unpaired) electrons. The van der Waals surface area contributed by atoms with Gasteiger partial charge in [0.2, 0.25) is 7.29 Å². The van der Waals surface area contributed by atoms with Crippen molar-refractivity contribution in [2.45, 2.75) is 12.1 Å². The molecule has 33 heavy (non-hydrogen) atoms. The third-order valence-electron chi connectivity index (χ3n) is 5.43. The lowest BCUT2D eigenvalue weighted by Crippen LogP contribution is -2.40. The van der Waals surface area contributed by atoms with E-state index in [1.807, 2.05) is 36.4 Å². The number of aliphatic hydroxyl groups excluding tert-OH is 1. The Morgan fingerprint density at radius 1 is 0.727 bits per heavy atom. The summed E-state index contributed by atoms with van der Waals surface area (Å²) in [5, 5.41) is 16.1. The molecule has 0 spiro atoms. The van der Waals surface area contributed by atoms with Crippen molar-refractivity contribution in [1.29, 1.82) is 0 Å². The van der Waals surface area contributed by atoms with E-state index in [1.165, 1.54) is 0 Å². The Hall–Kier alpha value is -3.01. The smallest absolute Gasteiger partial charge is 0.205 e. The highest BCUT2D eigenvalue weighted by Gasteiger charge is 2.36. The molecule has 0 aliphatic heterocycles.